The summed E-state index contributed by atoms with van der Waals surface area (Å²) >= 11 is 3.22. The SMILES string of the molecule is NC(=O)Cc1c(Br)c(O)cc(O)c1-c1ccccc1. The van der Waals surface area contributed by atoms with Crippen LogP contribution in [0.4, 0.5) is 0 Å². The molecular weight excluding hydrogens is 310 g/mol. The summed E-state index contributed by atoms with van der Waals surface area (Å²) in [5.41, 5.74) is 6.92. The van der Waals surface area contributed by atoms with Crippen LogP contribution in [0.25, 0.3) is 11.1 Å². The summed E-state index contributed by atoms with van der Waals surface area (Å²) in [5, 5.41) is 19.7. The van der Waals surface area contributed by atoms with Gasteiger partial charge in [0.25, 0.3) is 0 Å². The number of carbonyl (C=O) groups is 1. The van der Waals surface area contributed by atoms with Gasteiger partial charge in [-0.2, -0.15) is 0 Å². The maximum Gasteiger partial charge on any atom is 0.221 e. The van der Waals surface area contributed by atoms with Gasteiger partial charge in [-0.15, -0.1) is 0 Å². The van der Waals surface area contributed by atoms with E-state index in [9.17, 15) is 15.0 Å². The Morgan fingerprint density at radius 2 is 1.79 bits per heavy atom. The van der Waals surface area contributed by atoms with Gasteiger partial charge >= 0.3 is 0 Å². The van der Waals surface area contributed by atoms with E-state index in [1.807, 2.05) is 30.3 Å². The van der Waals surface area contributed by atoms with Gasteiger partial charge in [0.2, 0.25) is 5.91 Å². The molecule has 0 unspecified atom stereocenters. The molecule has 1 amide bonds. The first-order valence-corrected chi connectivity index (χ1v) is 6.37. The molecule has 4 nitrogen and oxygen atoms in total. The highest BCUT2D eigenvalue weighted by Crippen LogP contribution is 2.42. The van der Waals surface area contributed by atoms with Crippen LogP contribution < -0.4 is 5.73 Å². The lowest BCUT2D eigenvalue weighted by Gasteiger charge is -2.14. The third-order valence-electron chi connectivity index (χ3n) is 2.73. The molecule has 0 aliphatic heterocycles. The van der Waals surface area contributed by atoms with Gasteiger partial charge in [-0.3, -0.25) is 4.79 Å². The van der Waals surface area contributed by atoms with Crippen molar-refractivity contribution in [3.8, 4) is 22.6 Å². The lowest BCUT2D eigenvalue weighted by atomic mass is 9.96. The molecule has 0 heterocycles. The predicted molar refractivity (Wildman–Crippen MR) is 75.8 cm³/mol. The number of nitrogens with two attached hydrogens (primary N) is 1. The van der Waals surface area contributed by atoms with Gasteiger partial charge in [0.15, 0.2) is 0 Å². The molecule has 2 aromatic carbocycles. The van der Waals surface area contributed by atoms with Crippen LogP contribution in [-0.2, 0) is 11.2 Å². The average Bonchev–Trinajstić information content (AvgIpc) is 2.36. The number of carbonyl (C=O) groups excluding carboxylic acids is 1. The summed E-state index contributed by atoms with van der Waals surface area (Å²) in [6.45, 7) is 0. The Kier molecular flexibility index (Phi) is 3.76. The van der Waals surface area contributed by atoms with Gasteiger partial charge in [-0.25, -0.2) is 0 Å². The zero-order valence-electron chi connectivity index (χ0n) is 9.93. The van der Waals surface area contributed by atoms with Crippen LogP contribution >= 0.6 is 15.9 Å². The number of aromatic hydroxyl groups is 2. The second kappa shape index (κ2) is 5.32. The van der Waals surface area contributed by atoms with Crippen molar-refractivity contribution >= 4 is 21.8 Å². The normalized spacial score (nSPS) is 10.4. The van der Waals surface area contributed by atoms with Crippen molar-refractivity contribution in [3.63, 3.8) is 0 Å². The van der Waals surface area contributed by atoms with Crippen molar-refractivity contribution in [1.82, 2.24) is 0 Å². The van der Waals surface area contributed by atoms with Crippen LogP contribution in [0.1, 0.15) is 5.56 Å². The van der Waals surface area contributed by atoms with E-state index >= 15 is 0 Å². The first kappa shape index (κ1) is 13.4. The quantitative estimate of drug-likeness (QED) is 0.812. The minimum absolute atomic E-state index is 0.0766. The number of rotatable bonds is 3. The summed E-state index contributed by atoms with van der Waals surface area (Å²) in [5.74, 6) is -0.764. The fraction of sp³-hybridized carbons (Fsp3) is 0.0714. The Balaban J connectivity index is 2.71. The number of hydrogen-bond acceptors (Lipinski definition) is 3. The monoisotopic (exact) mass is 321 g/mol. The van der Waals surface area contributed by atoms with Crippen molar-refractivity contribution < 1.29 is 15.0 Å². The minimum Gasteiger partial charge on any atom is -0.507 e. The summed E-state index contributed by atoms with van der Waals surface area (Å²) in [6, 6.07) is 10.3. The Morgan fingerprint density at radius 1 is 1.16 bits per heavy atom. The Labute approximate surface area is 118 Å². The number of hydrogen-bond donors (Lipinski definition) is 3. The average molecular weight is 322 g/mol. The molecule has 0 bridgehead atoms. The molecule has 0 saturated heterocycles. The van der Waals surface area contributed by atoms with E-state index in [0.717, 1.165) is 5.56 Å². The molecule has 2 aromatic rings. The van der Waals surface area contributed by atoms with E-state index in [1.165, 1.54) is 6.07 Å². The van der Waals surface area contributed by atoms with Gasteiger partial charge < -0.3 is 15.9 Å². The second-order valence-electron chi connectivity index (χ2n) is 4.09. The molecular formula is C14H12BrNO3. The van der Waals surface area contributed by atoms with E-state index in [2.05, 4.69) is 15.9 Å². The lowest BCUT2D eigenvalue weighted by molar-refractivity contribution is -0.117. The Hall–Kier alpha value is -2.01. The predicted octanol–water partition coefficient (Wildman–Crippen LogP) is 2.56. The first-order chi connectivity index (χ1) is 9.00. The second-order valence-corrected chi connectivity index (χ2v) is 4.88. The lowest BCUT2D eigenvalue weighted by Crippen LogP contribution is -2.14. The molecule has 0 spiro atoms. The smallest absolute Gasteiger partial charge is 0.221 e. The first-order valence-electron chi connectivity index (χ1n) is 5.57. The van der Waals surface area contributed by atoms with E-state index in [0.29, 0.717) is 15.6 Å². The summed E-state index contributed by atoms with van der Waals surface area (Å²) in [4.78, 5) is 11.2. The molecule has 0 aliphatic rings. The van der Waals surface area contributed by atoms with Gasteiger partial charge in [0.1, 0.15) is 11.5 Å². The van der Waals surface area contributed by atoms with Crippen molar-refractivity contribution in [3.05, 3.63) is 46.4 Å². The van der Waals surface area contributed by atoms with E-state index in [1.54, 1.807) is 0 Å². The fourth-order valence-electron chi connectivity index (χ4n) is 1.95. The van der Waals surface area contributed by atoms with Crippen LogP contribution in [0.5, 0.6) is 11.5 Å². The summed E-state index contributed by atoms with van der Waals surface area (Å²) in [6.07, 6.45) is -0.0766. The van der Waals surface area contributed by atoms with Crippen molar-refractivity contribution in [2.75, 3.05) is 0 Å². The molecule has 5 heteroatoms. The maximum atomic E-state index is 11.2. The number of halogens is 1. The van der Waals surface area contributed by atoms with E-state index < -0.39 is 5.91 Å². The molecule has 0 radical (unpaired) electrons. The summed E-state index contributed by atoms with van der Waals surface area (Å²) in [7, 11) is 0. The third-order valence-corrected chi connectivity index (χ3v) is 3.62. The van der Waals surface area contributed by atoms with Crippen LogP contribution in [-0.4, -0.2) is 16.1 Å². The fourth-order valence-corrected chi connectivity index (χ4v) is 2.40. The van der Waals surface area contributed by atoms with E-state index in [-0.39, 0.29) is 17.9 Å². The number of amides is 1. The topological polar surface area (TPSA) is 83.6 Å². The number of phenolic OH excluding ortho intramolecular Hbond substituents is 2. The van der Waals surface area contributed by atoms with Crippen LogP contribution in [0.2, 0.25) is 0 Å². The highest BCUT2D eigenvalue weighted by atomic mass is 79.9. The molecule has 4 N–H and O–H groups in total. The molecule has 0 saturated carbocycles. The van der Waals surface area contributed by atoms with Crippen molar-refractivity contribution in [2.45, 2.75) is 6.42 Å². The third kappa shape index (κ3) is 2.71. The van der Waals surface area contributed by atoms with E-state index in [4.69, 9.17) is 5.73 Å². The maximum absolute atomic E-state index is 11.2. The molecule has 98 valence electrons. The molecule has 0 atom stereocenters. The van der Waals surface area contributed by atoms with Crippen LogP contribution in [0.15, 0.2) is 40.9 Å². The number of phenols is 2. The van der Waals surface area contributed by atoms with Crippen LogP contribution in [0, 0.1) is 0 Å². The molecule has 2 rings (SSSR count). The largest absolute Gasteiger partial charge is 0.507 e. The standard InChI is InChI=1S/C14H12BrNO3/c15-14-9(6-12(16)19)13(10(17)7-11(14)18)8-4-2-1-3-5-8/h1-5,7,17-18H,6H2,(H2,16,19). The summed E-state index contributed by atoms with van der Waals surface area (Å²) < 4.78 is 0.364. The van der Waals surface area contributed by atoms with Gasteiger partial charge in [0, 0.05) is 11.6 Å². The number of benzene rings is 2. The Morgan fingerprint density at radius 3 is 2.37 bits per heavy atom. The molecule has 0 aromatic heterocycles. The molecule has 19 heavy (non-hydrogen) atoms. The van der Waals surface area contributed by atoms with Crippen molar-refractivity contribution in [1.29, 1.82) is 0 Å². The zero-order valence-corrected chi connectivity index (χ0v) is 11.5. The molecule has 0 aliphatic carbocycles. The minimum atomic E-state index is -0.539. The van der Waals surface area contributed by atoms with Crippen molar-refractivity contribution in [2.24, 2.45) is 5.73 Å². The van der Waals surface area contributed by atoms with Gasteiger partial charge in [0.05, 0.1) is 10.9 Å². The molecule has 0 fully saturated rings. The highest BCUT2D eigenvalue weighted by Gasteiger charge is 2.18. The Bertz CT molecular complexity index is 626. The number of primary amides is 1. The zero-order chi connectivity index (χ0) is 14.0. The van der Waals surface area contributed by atoms with Gasteiger partial charge in [-0.1, -0.05) is 30.3 Å². The van der Waals surface area contributed by atoms with Crippen LogP contribution in [0.3, 0.4) is 0 Å². The highest BCUT2D eigenvalue weighted by molar-refractivity contribution is 9.10. The van der Waals surface area contributed by atoms with Gasteiger partial charge in [-0.05, 0) is 27.1 Å².